The molecule has 0 atom stereocenters. The Morgan fingerprint density at radius 2 is 2.00 bits per heavy atom. The van der Waals surface area contributed by atoms with Gasteiger partial charge in [0, 0.05) is 5.56 Å². The number of aromatic amines is 1. The number of hydrogen-bond acceptors (Lipinski definition) is 2. The predicted octanol–water partition coefficient (Wildman–Crippen LogP) is 2.09. The molecule has 66 valence electrons. The van der Waals surface area contributed by atoms with Gasteiger partial charge in [0.1, 0.15) is 6.33 Å². The molecule has 1 heterocycles. The number of aromatic nitrogens is 3. The number of H-pyrrole nitrogens is 1. The van der Waals surface area contributed by atoms with Crippen LogP contribution in [0.1, 0.15) is 11.1 Å². The molecule has 2 aromatic rings. The molecular weight excluding hydrogens is 162 g/mol. The summed E-state index contributed by atoms with van der Waals surface area (Å²) in [6.07, 6.45) is 1.59. The van der Waals surface area contributed by atoms with Crippen LogP contribution in [-0.4, -0.2) is 15.2 Å². The van der Waals surface area contributed by atoms with Gasteiger partial charge in [0.15, 0.2) is 5.82 Å². The Morgan fingerprint density at radius 3 is 2.62 bits per heavy atom. The average molecular weight is 173 g/mol. The van der Waals surface area contributed by atoms with Crippen LogP contribution in [-0.2, 0) is 0 Å². The van der Waals surface area contributed by atoms with Crippen molar-refractivity contribution in [3.8, 4) is 11.4 Å². The number of benzene rings is 1. The monoisotopic (exact) mass is 173 g/mol. The van der Waals surface area contributed by atoms with Crippen molar-refractivity contribution in [2.45, 2.75) is 13.8 Å². The van der Waals surface area contributed by atoms with Gasteiger partial charge < -0.3 is 0 Å². The van der Waals surface area contributed by atoms with E-state index in [9.17, 15) is 0 Å². The van der Waals surface area contributed by atoms with E-state index in [1.54, 1.807) is 6.33 Å². The molecule has 3 heteroatoms. The van der Waals surface area contributed by atoms with Gasteiger partial charge in [0.2, 0.25) is 0 Å². The quantitative estimate of drug-likeness (QED) is 0.717. The molecule has 2 rings (SSSR count). The van der Waals surface area contributed by atoms with E-state index >= 15 is 0 Å². The normalized spacial score (nSPS) is 10.3. The summed E-state index contributed by atoms with van der Waals surface area (Å²) in [5, 5.41) is 6.72. The van der Waals surface area contributed by atoms with Gasteiger partial charge in [-0.25, -0.2) is 4.98 Å². The maximum absolute atomic E-state index is 4.09. The number of hydrogen-bond donors (Lipinski definition) is 1. The first-order chi connectivity index (χ1) is 6.27. The molecule has 0 aliphatic carbocycles. The summed E-state index contributed by atoms with van der Waals surface area (Å²) in [7, 11) is 0. The predicted molar refractivity (Wildman–Crippen MR) is 51.3 cm³/mol. The van der Waals surface area contributed by atoms with Crippen LogP contribution in [0, 0.1) is 13.8 Å². The van der Waals surface area contributed by atoms with Crippen LogP contribution in [0.5, 0.6) is 0 Å². The van der Waals surface area contributed by atoms with Crippen molar-refractivity contribution in [3.05, 3.63) is 35.7 Å². The fraction of sp³-hybridized carbons (Fsp3) is 0.200. The van der Waals surface area contributed by atoms with Crippen molar-refractivity contribution in [2.24, 2.45) is 0 Å². The molecule has 0 amide bonds. The van der Waals surface area contributed by atoms with E-state index in [1.807, 2.05) is 6.07 Å². The lowest BCUT2D eigenvalue weighted by atomic mass is 10.1. The highest BCUT2D eigenvalue weighted by molar-refractivity contribution is 5.56. The number of aryl methyl sites for hydroxylation is 2. The van der Waals surface area contributed by atoms with Crippen LogP contribution in [0.4, 0.5) is 0 Å². The van der Waals surface area contributed by atoms with Gasteiger partial charge >= 0.3 is 0 Å². The van der Waals surface area contributed by atoms with Crippen molar-refractivity contribution in [3.63, 3.8) is 0 Å². The molecule has 0 unspecified atom stereocenters. The molecule has 0 saturated heterocycles. The Balaban J connectivity index is 2.49. The molecule has 3 nitrogen and oxygen atoms in total. The minimum Gasteiger partial charge on any atom is -0.265 e. The lowest BCUT2D eigenvalue weighted by Gasteiger charge is -2.00. The van der Waals surface area contributed by atoms with Gasteiger partial charge in [-0.05, 0) is 31.0 Å². The van der Waals surface area contributed by atoms with Crippen LogP contribution in [0.15, 0.2) is 24.5 Å². The third kappa shape index (κ3) is 1.45. The summed E-state index contributed by atoms with van der Waals surface area (Å²) < 4.78 is 0. The van der Waals surface area contributed by atoms with Crippen LogP contribution < -0.4 is 0 Å². The molecule has 0 aliphatic heterocycles. The first-order valence-corrected chi connectivity index (χ1v) is 4.21. The number of nitrogens with one attached hydrogen (secondary N) is 1. The lowest BCUT2D eigenvalue weighted by Crippen LogP contribution is -1.85. The summed E-state index contributed by atoms with van der Waals surface area (Å²) in [5.41, 5.74) is 3.62. The number of rotatable bonds is 1. The fourth-order valence-electron chi connectivity index (χ4n) is 1.23. The smallest absolute Gasteiger partial charge is 0.180 e. The van der Waals surface area contributed by atoms with Crippen molar-refractivity contribution < 1.29 is 0 Å². The van der Waals surface area contributed by atoms with E-state index in [0.717, 1.165) is 11.4 Å². The van der Waals surface area contributed by atoms with Gasteiger partial charge in [-0.2, -0.15) is 5.10 Å². The second-order valence-electron chi connectivity index (χ2n) is 3.12. The minimum atomic E-state index is 0.753. The van der Waals surface area contributed by atoms with Crippen LogP contribution >= 0.6 is 0 Å². The second-order valence-corrected chi connectivity index (χ2v) is 3.12. The molecule has 1 aromatic heterocycles. The Hall–Kier alpha value is -1.64. The van der Waals surface area contributed by atoms with E-state index in [0.29, 0.717) is 0 Å². The molecule has 1 aromatic carbocycles. The summed E-state index contributed by atoms with van der Waals surface area (Å²) in [6, 6.07) is 6.21. The molecule has 0 saturated carbocycles. The third-order valence-corrected chi connectivity index (χ3v) is 2.18. The van der Waals surface area contributed by atoms with Gasteiger partial charge in [-0.15, -0.1) is 0 Å². The summed E-state index contributed by atoms with van der Waals surface area (Å²) in [4.78, 5) is 4.09. The molecular formula is C10H11N3. The largest absolute Gasteiger partial charge is 0.265 e. The number of nitrogens with zero attached hydrogens (tertiary/aromatic N) is 2. The van der Waals surface area contributed by atoms with Crippen molar-refractivity contribution in [2.75, 3.05) is 0 Å². The van der Waals surface area contributed by atoms with Gasteiger partial charge in [0.05, 0.1) is 0 Å². The zero-order chi connectivity index (χ0) is 9.26. The van der Waals surface area contributed by atoms with Crippen LogP contribution in [0.3, 0.4) is 0 Å². The second kappa shape index (κ2) is 3.01. The van der Waals surface area contributed by atoms with E-state index in [2.05, 4.69) is 41.2 Å². The standard InChI is InChI=1S/C10H11N3/c1-7-3-4-9(5-8(7)2)10-11-6-12-13-10/h3-6H,1-2H3,(H,11,12,13). The molecule has 0 fully saturated rings. The first kappa shape index (κ1) is 7.98. The van der Waals surface area contributed by atoms with E-state index in [4.69, 9.17) is 0 Å². The Kier molecular flexibility index (Phi) is 1.85. The van der Waals surface area contributed by atoms with Crippen LogP contribution in [0.2, 0.25) is 0 Å². The summed E-state index contributed by atoms with van der Waals surface area (Å²) in [6.45, 7) is 4.18. The summed E-state index contributed by atoms with van der Waals surface area (Å²) in [5.74, 6) is 0.753. The highest BCUT2D eigenvalue weighted by Gasteiger charge is 2.01. The summed E-state index contributed by atoms with van der Waals surface area (Å²) >= 11 is 0. The maximum atomic E-state index is 4.09. The third-order valence-electron chi connectivity index (χ3n) is 2.18. The molecule has 0 bridgehead atoms. The van der Waals surface area contributed by atoms with Gasteiger partial charge in [-0.3, -0.25) is 5.10 Å². The SMILES string of the molecule is Cc1ccc(-c2nc[nH]n2)cc1C. The highest BCUT2D eigenvalue weighted by atomic mass is 15.2. The molecule has 0 spiro atoms. The first-order valence-electron chi connectivity index (χ1n) is 4.21. The van der Waals surface area contributed by atoms with Gasteiger partial charge in [-0.1, -0.05) is 12.1 Å². The van der Waals surface area contributed by atoms with Crippen LogP contribution in [0.25, 0.3) is 11.4 Å². The minimum absolute atomic E-state index is 0.753. The Morgan fingerprint density at radius 1 is 1.15 bits per heavy atom. The lowest BCUT2D eigenvalue weighted by molar-refractivity contribution is 1.09. The van der Waals surface area contributed by atoms with E-state index in [-0.39, 0.29) is 0 Å². The Bertz CT molecular complexity index is 404. The molecule has 1 N–H and O–H groups in total. The topological polar surface area (TPSA) is 41.6 Å². The Labute approximate surface area is 76.8 Å². The average Bonchev–Trinajstić information content (AvgIpc) is 2.62. The van der Waals surface area contributed by atoms with Crippen molar-refractivity contribution in [1.82, 2.24) is 15.2 Å². The fourth-order valence-corrected chi connectivity index (χ4v) is 1.23. The molecule has 0 radical (unpaired) electrons. The zero-order valence-corrected chi connectivity index (χ0v) is 7.70. The molecule has 13 heavy (non-hydrogen) atoms. The zero-order valence-electron chi connectivity index (χ0n) is 7.70. The van der Waals surface area contributed by atoms with E-state index < -0.39 is 0 Å². The molecule has 0 aliphatic rings. The van der Waals surface area contributed by atoms with Gasteiger partial charge in [0.25, 0.3) is 0 Å². The van der Waals surface area contributed by atoms with E-state index in [1.165, 1.54) is 11.1 Å². The van der Waals surface area contributed by atoms with Crippen molar-refractivity contribution in [1.29, 1.82) is 0 Å². The maximum Gasteiger partial charge on any atom is 0.180 e. The van der Waals surface area contributed by atoms with Crippen molar-refractivity contribution >= 4 is 0 Å². The highest BCUT2D eigenvalue weighted by Crippen LogP contribution is 2.17.